The van der Waals surface area contributed by atoms with Gasteiger partial charge in [0.15, 0.2) is 0 Å². The minimum atomic E-state index is -4.98. The molecule has 0 saturated heterocycles. The number of hydrogen-bond acceptors (Lipinski definition) is 6. The molecule has 0 rings (SSSR count). The first-order valence-corrected chi connectivity index (χ1v) is 11.8. The van der Waals surface area contributed by atoms with Gasteiger partial charge in [0.1, 0.15) is 0 Å². The quantitative estimate of drug-likeness (QED) is 0.274. The van der Waals surface area contributed by atoms with Crippen LogP contribution in [0.2, 0.25) is 0 Å². The molecule has 2 unspecified atom stereocenters. The van der Waals surface area contributed by atoms with Crippen molar-refractivity contribution in [3.8, 4) is 0 Å². The van der Waals surface area contributed by atoms with E-state index < -0.39 is 34.2 Å². The molecule has 0 radical (unpaired) electrons. The van der Waals surface area contributed by atoms with E-state index in [-0.39, 0.29) is 54.2 Å². The zero-order valence-corrected chi connectivity index (χ0v) is 21.6. The Morgan fingerprint density at radius 2 is 1.38 bits per heavy atom. The number of aliphatic carboxylic acids is 1. The van der Waals surface area contributed by atoms with Gasteiger partial charge in [-0.3, -0.25) is 9.35 Å². The molecule has 0 aromatic rings. The van der Waals surface area contributed by atoms with Crippen molar-refractivity contribution in [2.75, 3.05) is 0 Å². The Bertz CT molecular complexity index is 559. The van der Waals surface area contributed by atoms with Crippen LogP contribution in [0.25, 0.3) is 0 Å². The second-order valence-corrected chi connectivity index (χ2v) is 8.89. The van der Waals surface area contributed by atoms with Gasteiger partial charge < -0.3 is 14.1 Å². The number of unbranched alkanes of at least 4 members (excludes halogenated alkanes) is 2. The van der Waals surface area contributed by atoms with E-state index in [4.69, 9.17) is 4.55 Å². The van der Waals surface area contributed by atoms with Gasteiger partial charge in [0.25, 0.3) is 0 Å². The summed E-state index contributed by atoms with van der Waals surface area (Å²) >= 11 is 0. The Balaban J connectivity index is 0. The van der Waals surface area contributed by atoms with Gasteiger partial charge >= 0.3 is 45.9 Å². The fourth-order valence-corrected chi connectivity index (χ4v) is 4.18. The SMILES string of the molecule is CCCCC(CC)CC(CC(=O)OS(=O)(=O)O)(CC(CC)CCCC)C(=O)[O-].[Na+]. The summed E-state index contributed by atoms with van der Waals surface area (Å²) in [4.78, 5) is 24.3. The van der Waals surface area contributed by atoms with E-state index in [0.29, 0.717) is 0 Å². The number of rotatable bonds is 16. The Hall–Kier alpha value is -0.150. The molecule has 0 aliphatic carbocycles. The smallest absolute Gasteiger partial charge is 0.550 e. The summed E-state index contributed by atoms with van der Waals surface area (Å²) in [5.41, 5.74) is -1.51. The fraction of sp³-hybridized carbons (Fsp3) is 0.900. The molecule has 0 aliphatic heterocycles. The molecular formula is C20H37NaO7S. The van der Waals surface area contributed by atoms with Crippen molar-refractivity contribution in [2.45, 2.75) is 98.3 Å². The van der Waals surface area contributed by atoms with E-state index in [0.717, 1.165) is 51.4 Å². The van der Waals surface area contributed by atoms with E-state index in [1.807, 2.05) is 13.8 Å². The third-order valence-electron chi connectivity index (χ3n) is 5.56. The maximum Gasteiger partial charge on any atom is 1.00 e. The summed E-state index contributed by atoms with van der Waals surface area (Å²) in [5, 5.41) is 12.2. The van der Waals surface area contributed by atoms with Crippen LogP contribution in [0.3, 0.4) is 0 Å². The van der Waals surface area contributed by atoms with Gasteiger partial charge in [-0.15, -0.1) is 0 Å². The number of carboxylic acid groups (broad SMARTS) is 1. The van der Waals surface area contributed by atoms with Crippen molar-refractivity contribution in [1.82, 2.24) is 0 Å². The van der Waals surface area contributed by atoms with E-state index in [1.54, 1.807) is 0 Å². The number of carbonyl (C=O) groups is 2. The molecule has 0 amide bonds. The van der Waals surface area contributed by atoms with Crippen molar-refractivity contribution in [3.63, 3.8) is 0 Å². The molecule has 0 bridgehead atoms. The van der Waals surface area contributed by atoms with Crippen LogP contribution in [-0.2, 0) is 24.2 Å². The Morgan fingerprint density at radius 3 is 1.66 bits per heavy atom. The number of hydrogen-bond donors (Lipinski definition) is 1. The van der Waals surface area contributed by atoms with E-state index in [1.165, 1.54) is 0 Å². The summed E-state index contributed by atoms with van der Waals surface area (Å²) in [6.45, 7) is 8.07. The molecule has 0 fully saturated rings. The van der Waals surface area contributed by atoms with E-state index in [2.05, 4.69) is 18.0 Å². The first kappa shape index (κ1) is 31.0. The van der Waals surface area contributed by atoms with Crippen molar-refractivity contribution >= 4 is 22.3 Å². The van der Waals surface area contributed by atoms with Gasteiger partial charge in [0.05, 0.1) is 6.42 Å². The van der Waals surface area contributed by atoms with Crippen LogP contribution in [-0.4, -0.2) is 24.9 Å². The van der Waals surface area contributed by atoms with E-state index >= 15 is 0 Å². The van der Waals surface area contributed by atoms with Crippen molar-refractivity contribution in [1.29, 1.82) is 0 Å². The molecule has 0 saturated carbocycles. The van der Waals surface area contributed by atoms with Crippen molar-refractivity contribution in [3.05, 3.63) is 0 Å². The van der Waals surface area contributed by atoms with Gasteiger partial charge in [-0.1, -0.05) is 79.1 Å². The van der Waals surface area contributed by atoms with Crippen LogP contribution in [0.15, 0.2) is 0 Å². The summed E-state index contributed by atoms with van der Waals surface area (Å²) in [7, 11) is -4.98. The molecule has 0 spiro atoms. The van der Waals surface area contributed by atoms with E-state index in [9.17, 15) is 23.1 Å². The number of carboxylic acids is 1. The molecule has 166 valence electrons. The fourth-order valence-electron chi connectivity index (χ4n) is 3.88. The van der Waals surface area contributed by atoms with Crippen molar-refractivity contribution in [2.24, 2.45) is 17.3 Å². The Morgan fingerprint density at radius 1 is 0.966 bits per heavy atom. The molecular weight excluding hydrogens is 407 g/mol. The topological polar surface area (TPSA) is 121 Å². The summed E-state index contributed by atoms with van der Waals surface area (Å²) in [5.74, 6) is -2.45. The molecule has 0 aromatic heterocycles. The van der Waals surface area contributed by atoms with Gasteiger partial charge in [-0.2, -0.15) is 8.42 Å². The second kappa shape index (κ2) is 15.6. The first-order chi connectivity index (χ1) is 13.0. The van der Waals surface area contributed by atoms with Crippen LogP contribution in [0.4, 0.5) is 0 Å². The zero-order valence-electron chi connectivity index (χ0n) is 18.7. The van der Waals surface area contributed by atoms with Crippen LogP contribution in [0.1, 0.15) is 98.3 Å². The molecule has 0 aliphatic rings. The molecule has 2 atom stereocenters. The Labute approximate surface area is 198 Å². The van der Waals surface area contributed by atoms with Gasteiger partial charge in [-0.05, 0) is 24.7 Å². The average Bonchev–Trinajstić information content (AvgIpc) is 2.59. The third kappa shape index (κ3) is 13.0. The third-order valence-corrected chi connectivity index (χ3v) is 5.96. The summed E-state index contributed by atoms with van der Waals surface area (Å²) in [6.07, 6.45) is 6.88. The van der Waals surface area contributed by atoms with Crippen LogP contribution in [0, 0.1) is 17.3 Å². The first-order valence-electron chi connectivity index (χ1n) is 10.4. The predicted octanol–water partition coefficient (Wildman–Crippen LogP) is 0.676. The van der Waals surface area contributed by atoms with Gasteiger partial charge in [0, 0.05) is 11.4 Å². The van der Waals surface area contributed by atoms with Crippen molar-refractivity contribution < 1.29 is 61.4 Å². The Kier molecular flexibility index (Phi) is 16.7. The van der Waals surface area contributed by atoms with Crippen LogP contribution >= 0.6 is 0 Å². The largest absolute Gasteiger partial charge is 1.00 e. The summed E-state index contributed by atoms with van der Waals surface area (Å²) < 4.78 is 34.6. The molecule has 9 heteroatoms. The monoisotopic (exact) mass is 444 g/mol. The zero-order chi connectivity index (χ0) is 21.8. The maximum atomic E-state index is 12.2. The molecule has 0 heterocycles. The minimum Gasteiger partial charge on any atom is -0.550 e. The second-order valence-electron chi connectivity index (χ2n) is 7.87. The van der Waals surface area contributed by atoms with Gasteiger partial charge in [0.2, 0.25) is 0 Å². The normalized spacial score (nSPS) is 15.6. The average molecular weight is 445 g/mol. The molecule has 0 aromatic carbocycles. The minimum absolute atomic E-state index is 0. The maximum absolute atomic E-state index is 12.2. The van der Waals surface area contributed by atoms with Gasteiger partial charge in [-0.25, -0.2) is 0 Å². The van der Waals surface area contributed by atoms with Crippen LogP contribution < -0.4 is 34.7 Å². The standard InChI is InChI=1S/C20H38O7S.Na/c1-5-9-11-16(7-3)13-20(19(22)23,14-17(8-4)12-10-6-2)15-18(21)27-28(24,25)26;/h16-17H,5-15H2,1-4H3,(H,22,23)(H,24,25,26);/q;+1/p-1. The molecule has 1 N–H and O–H groups in total. The summed E-state index contributed by atoms with van der Waals surface area (Å²) in [6, 6.07) is 0. The number of carbonyl (C=O) groups excluding carboxylic acids is 2. The molecule has 29 heavy (non-hydrogen) atoms. The predicted molar refractivity (Wildman–Crippen MR) is 106 cm³/mol. The van der Waals surface area contributed by atoms with Crippen LogP contribution in [0.5, 0.6) is 0 Å². The molecule has 7 nitrogen and oxygen atoms in total.